The fraction of sp³-hybridized carbons (Fsp3) is 0.286. The van der Waals surface area contributed by atoms with Crippen molar-refractivity contribution in [1.82, 2.24) is 10.2 Å². The van der Waals surface area contributed by atoms with E-state index in [0.717, 1.165) is 20.6 Å². The quantitative estimate of drug-likeness (QED) is 0.349. The van der Waals surface area contributed by atoms with E-state index in [9.17, 15) is 22.4 Å². The second-order valence-corrected chi connectivity index (χ2v) is 12.1. The number of nitrogens with one attached hydrogen (secondary N) is 1. The molecule has 0 saturated heterocycles. The molecule has 10 heteroatoms. The zero-order chi connectivity index (χ0) is 27.9. The molecule has 0 aliphatic rings. The summed E-state index contributed by atoms with van der Waals surface area (Å²) < 4.78 is 40.8. The molecular weight excluding hydrogens is 573 g/mol. The van der Waals surface area contributed by atoms with Crippen molar-refractivity contribution < 1.29 is 22.4 Å². The maximum absolute atomic E-state index is 13.9. The molecule has 202 valence electrons. The Bertz CT molecular complexity index is 1330. The lowest BCUT2D eigenvalue weighted by atomic mass is 10.0. The number of hydrogen-bond donors (Lipinski definition) is 1. The minimum Gasteiger partial charge on any atom is -0.352 e. The van der Waals surface area contributed by atoms with E-state index in [4.69, 9.17) is 0 Å². The van der Waals surface area contributed by atoms with Gasteiger partial charge in [0.25, 0.3) is 0 Å². The first kappa shape index (κ1) is 29.3. The van der Waals surface area contributed by atoms with Gasteiger partial charge in [0.1, 0.15) is 18.4 Å². The van der Waals surface area contributed by atoms with Crippen LogP contribution in [0.3, 0.4) is 0 Å². The summed E-state index contributed by atoms with van der Waals surface area (Å²) in [5.74, 6) is -1.36. The SMILES string of the molecule is CC(C)NC(=O)[C@@H](Cc1ccccc1)N(Cc1ccc(F)cc1)C(=O)CN(c1ccc(Br)cc1)S(C)(=O)=O. The number of carbonyl (C=O) groups is 2. The topological polar surface area (TPSA) is 86.8 Å². The molecule has 3 aromatic carbocycles. The van der Waals surface area contributed by atoms with Crippen molar-refractivity contribution in [3.8, 4) is 0 Å². The van der Waals surface area contributed by atoms with Crippen LogP contribution in [0.2, 0.25) is 0 Å². The van der Waals surface area contributed by atoms with Crippen molar-refractivity contribution in [3.05, 3.63) is 100 Å². The number of hydrogen-bond acceptors (Lipinski definition) is 4. The van der Waals surface area contributed by atoms with Gasteiger partial charge in [0, 0.05) is 23.5 Å². The van der Waals surface area contributed by atoms with Crippen molar-refractivity contribution in [1.29, 1.82) is 0 Å². The first-order chi connectivity index (χ1) is 17.9. The minimum absolute atomic E-state index is 0.0138. The Morgan fingerprint density at radius 1 is 0.921 bits per heavy atom. The van der Waals surface area contributed by atoms with Gasteiger partial charge in [-0.1, -0.05) is 58.4 Å². The van der Waals surface area contributed by atoms with E-state index in [1.54, 1.807) is 36.4 Å². The summed E-state index contributed by atoms with van der Waals surface area (Å²) in [5, 5.41) is 2.88. The monoisotopic (exact) mass is 603 g/mol. The van der Waals surface area contributed by atoms with Crippen molar-refractivity contribution >= 4 is 43.5 Å². The van der Waals surface area contributed by atoms with E-state index in [1.807, 2.05) is 44.2 Å². The number of rotatable bonds is 11. The number of benzene rings is 3. The molecule has 0 spiro atoms. The third kappa shape index (κ3) is 8.39. The summed E-state index contributed by atoms with van der Waals surface area (Å²) in [6.07, 6.45) is 1.24. The van der Waals surface area contributed by atoms with Crippen molar-refractivity contribution in [2.45, 2.75) is 38.9 Å². The third-order valence-electron chi connectivity index (χ3n) is 5.76. The van der Waals surface area contributed by atoms with E-state index < -0.39 is 34.3 Å². The summed E-state index contributed by atoms with van der Waals surface area (Å²) >= 11 is 3.33. The van der Waals surface area contributed by atoms with Gasteiger partial charge in [-0.15, -0.1) is 0 Å². The zero-order valence-electron chi connectivity index (χ0n) is 21.5. The molecule has 38 heavy (non-hydrogen) atoms. The van der Waals surface area contributed by atoms with Gasteiger partial charge in [-0.05, 0) is 61.4 Å². The summed E-state index contributed by atoms with van der Waals surface area (Å²) in [7, 11) is -3.84. The smallest absolute Gasteiger partial charge is 0.244 e. The van der Waals surface area contributed by atoms with Gasteiger partial charge >= 0.3 is 0 Å². The van der Waals surface area contributed by atoms with Gasteiger partial charge in [-0.25, -0.2) is 12.8 Å². The van der Waals surface area contributed by atoms with Crippen LogP contribution in [-0.4, -0.2) is 50.0 Å². The zero-order valence-corrected chi connectivity index (χ0v) is 23.9. The second kappa shape index (κ2) is 13.0. The van der Waals surface area contributed by atoms with Gasteiger partial charge in [0.05, 0.1) is 11.9 Å². The van der Waals surface area contributed by atoms with Gasteiger partial charge < -0.3 is 10.2 Å². The number of carbonyl (C=O) groups excluding carboxylic acids is 2. The molecule has 0 fully saturated rings. The molecular formula is C28H31BrFN3O4S. The van der Waals surface area contributed by atoms with Gasteiger partial charge in [0.15, 0.2) is 0 Å². The Hall–Kier alpha value is -3.24. The number of sulfonamides is 1. The number of anilines is 1. The largest absolute Gasteiger partial charge is 0.352 e. The highest BCUT2D eigenvalue weighted by atomic mass is 79.9. The van der Waals surface area contributed by atoms with Crippen molar-refractivity contribution in [2.75, 3.05) is 17.1 Å². The third-order valence-corrected chi connectivity index (χ3v) is 7.43. The Morgan fingerprint density at radius 2 is 1.53 bits per heavy atom. The molecule has 0 heterocycles. The van der Waals surface area contributed by atoms with Gasteiger partial charge in [-0.3, -0.25) is 13.9 Å². The van der Waals surface area contributed by atoms with Crippen LogP contribution in [0, 0.1) is 5.82 Å². The maximum Gasteiger partial charge on any atom is 0.244 e. The molecule has 2 amide bonds. The molecule has 0 saturated carbocycles. The summed E-state index contributed by atoms with van der Waals surface area (Å²) in [5.41, 5.74) is 1.75. The van der Waals surface area contributed by atoms with Crippen molar-refractivity contribution in [3.63, 3.8) is 0 Å². The van der Waals surface area contributed by atoms with E-state index >= 15 is 0 Å². The highest BCUT2D eigenvalue weighted by Gasteiger charge is 2.33. The van der Waals surface area contributed by atoms with Crippen molar-refractivity contribution in [2.24, 2.45) is 0 Å². The molecule has 0 aliphatic heterocycles. The standard InChI is InChI=1S/C28H31BrFN3O4S/c1-20(2)31-28(35)26(17-21-7-5-4-6-8-21)32(18-22-9-13-24(30)14-10-22)27(34)19-33(38(3,36)37)25-15-11-23(29)12-16-25/h4-16,20,26H,17-19H2,1-3H3,(H,31,35)/t26-/m1/s1. The highest BCUT2D eigenvalue weighted by Crippen LogP contribution is 2.22. The molecule has 0 aliphatic carbocycles. The fourth-order valence-electron chi connectivity index (χ4n) is 3.94. The van der Waals surface area contributed by atoms with Crippen LogP contribution in [0.1, 0.15) is 25.0 Å². The molecule has 0 radical (unpaired) electrons. The first-order valence-electron chi connectivity index (χ1n) is 12.1. The molecule has 0 unspecified atom stereocenters. The Labute approximate surface area is 231 Å². The molecule has 3 aromatic rings. The summed E-state index contributed by atoms with van der Waals surface area (Å²) in [6.45, 7) is 3.12. The highest BCUT2D eigenvalue weighted by molar-refractivity contribution is 9.10. The fourth-order valence-corrected chi connectivity index (χ4v) is 5.06. The molecule has 7 nitrogen and oxygen atoms in total. The lowest BCUT2D eigenvalue weighted by Gasteiger charge is -2.34. The average Bonchev–Trinajstić information content (AvgIpc) is 2.86. The second-order valence-electron chi connectivity index (χ2n) is 9.26. The summed E-state index contributed by atoms with van der Waals surface area (Å²) in [4.78, 5) is 28.7. The normalized spacial score (nSPS) is 12.2. The van der Waals surface area contributed by atoms with Crippen LogP contribution in [0.5, 0.6) is 0 Å². The van der Waals surface area contributed by atoms with E-state index in [0.29, 0.717) is 11.3 Å². The van der Waals surface area contributed by atoms with Gasteiger partial charge in [0.2, 0.25) is 21.8 Å². The molecule has 3 rings (SSSR count). The predicted molar refractivity (Wildman–Crippen MR) is 150 cm³/mol. The number of nitrogens with zero attached hydrogens (tertiary/aromatic N) is 2. The van der Waals surface area contributed by atoms with Crippen LogP contribution in [-0.2, 0) is 32.6 Å². The molecule has 0 bridgehead atoms. The number of amides is 2. The van der Waals surface area contributed by atoms with Crippen LogP contribution in [0.25, 0.3) is 0 Å². The van der Waals surface area contributed by atoms with Crippen LogP contribution >= 0.6 is 15.9 Å². The van der Waals surface area contributed by atoms with Crippen LogP contribution < -0.4 is 9.62 Å². The Morgan fingerprint density at radius 3 is 2.08 bits per heavy atom. The lowest BCUT2D eigenvalue weighted by Crippen LogP contribution is -2.54. The first-order valence-corrected chi connectivity index (χ1v) is 14.7. The average molecular weight is 605 g/mol. The van der Waals surface area contributed by atoms with Gasteiger partial charge in [-0.2, -0.15) is 0 Å². The lowest BCUT2D eigenvalue weighted by molar-refractivity contribution is -0.140. The van der Waals surface area contributed by atoms with E-state index in [-0.39, 0.29) is 24.9 Å². The van der Waals surface area contributed by atoms with Crippen LogP contribution in [0.15, 0.2) is 83.3 Å². The predicted octanol–water partition coefficient (Wildman–Crippen LogP) is 4.52. The molecule has 0 aromatic heterocycles. The van der Waals surface area contributed by atoms with E-state index in [1.165, 1.54) is 17.0 Å². The van der Waals surface area contributed by atoms with Crippen LogP contribution in [0.4, 0.5) is 10.1 Å². The summed E-state index contributed by atoms with van der Waals surface area (Å²) in [6, 6.07) is 20.3. The molecule has 1 atom stereocenters. The number of halogens is 2. The maximum atomic E-state index is 13.9. The molecule has 1 N–H and O–H groups in total. The Kier molecular flexibility index (Phi) is 10.0. The Balaban J connectivity index is 2.04. The van der Waals surface area contributed by atoms with E-state index in [2.05, 4.69) is 21.2 Å². The minimum atomic E-state index is -3.84.